The van der Waals surface area contributed by atoms with E-state index in [0.29, 0.717) is 12.2 Å². The molecule has 6 heteroatoms. The lowest BCUT2D eigenvalue weighted by atomic mass is 10.0. The van der Waals surface area contributed by atoms with Gasteiger partial charge in [0.1, 0.15) is 0 Å². The number of H-pyrrole nitrogens is 1. The van der Waals surface area contributed by atoms with Crippen molar-refractivity contribution in [1.29, 1.82) is 0 Å². The Hall–Kier alpha value is -2.21. The summed E-state index contributed by atoms with van der Waals surface area (Å²) in [5, 5.41) is 12.7. The number of aromatic amines is 1. The standard InChI is InChI=1S/C14H19N5O/c1-10-6-4-5-7-11(10)13(19(2)3)9-15-14(20)12-8-16-18-17-12/h4-8,13H,9H2,1-3H3,(H,15,20)(H,16,17,18)/t13-/m1/s1. The zero-order valence-corrected chi connectivity index (χ0v) is 11.9. The third-order valence-electron chi connectivity index (χ3n) is 3.27. The Labute approximate surface area is 118 Å². The van der Waals surface area contributed by atoms with E-state index < -0.39 is 0 Å². The number of aromatic nitrogens is 3. The Morgan fingerprint density at radius 2 is 2.15 bits per heavy atom. The summed E-state index contributed by atoms with van der Waals surface area (Å²) >= 11 is 0. The van der Waals surface area contributed by atoms with Gasteiger partial charge in [-0.15, -0.1) is 0 Å². The van der Waals surface area contributed by atoms with Crippen LogP contribution in [-0.2, 0) is 0 Å². The molecule has 1 atom stereocenters. The van der Waals surface area contributed by atoms with Crippen LogP contribution in [0.15, 0.2) is 30.5 Å². The van der Waals surface area contributed by atoms with Crippen LogP contribution in [0.5, 0.6) is 0 Å². The quantitative estimate of drug-likeness (QED) is 0.857. The summed E-state index contributed by atoms with van der Waals surface area (Å²) in [6.07, 6.45) is 1.41. The zero-order valence-electron chi connectivity index (χ0n) is 11.9. The molecule has 2 aromatic rings. The van der Waals surface area contributed by atoms with E-state index in [0.717, 1.165) is 0 Å². The minimum atomic E-state index is -0.223. The van der Waals surface area contributed by atoms with Crippen molar-refractivity contribution in [2.45, 2.75) is 13.0 Å². The minimum Gasteiger partial charge on any atom is -0.349 e. The fraction of sp³-hybridized carbons (Fsp3) is 0.357. The number of hydrogen-bond donors (Lipinski definition) is 2. The van der Waals surface area contributed by atoms with Gasteiger partial charge in [-0.1, -0.05) is 24.3 Å². The fourth-order valence-corrected chi connectivity index (χ4v) is 2.12. The van der Waals surface area contributed by atoms with Gasteiger partial charge in [-0.3, -0.25) is 4.79 Å². The topological polar surface area (TPSA) is 73.9 Å². The van der Waals surface area contributed by atoms with Gasteiger partial charge in [-0.05, 0) is 32.1 Å². The molecule has 1 amide bonds. The van der Waals surface area contributed by atoms with E-state index in [1.165, 1.54) is 17.3 Å². The van der Waals surface area contributed by atoms with E-state index in [1.54, 1.807) is 0 Å². The molecule has 0 aliphatic heterocycles. The Bertz CT molecular complexity index is 565. The molecule has 0 aliphatic carbocycles. The highest BCUT2D eigenvalue weighted by Crippen LogP contribution is 2.20. The number of benzene rings is 1. The summed E-state index contributed by atoms with van der Waals surface area (Å²) in [6, 6.07) is 8.30. The molecular formula is C14H19N5O. The van der Waals surface area contributed by atoms with Crippen LogP contribution < -0.4 is 5.32 Å². The largest absolute Gasteiger partial charge is 0.349 e. The maximum absolute atomic E-state index is 11.9. The molecule has 0 aliphatic rings. The highest BCUT2D eigenvalue weighted by molar-refractivity contribution is 5.91. The van der Waals surface area contributed by atoms with Crippen molar-refractivity contribution in [2.75, 3.05) is 20.6 Å². The molecule has 106 valence electrons. The van der Waals surface area contributed by atoms with Gasteiger partial charge in [-0.25, -0.2) is 0 Å². The molecular weight excluding hydrogens is 254 g/mol. The van der Waals surface area contributed by atoms with Gasteiger partial charge in [0.05, 0.1) is 12.2 Å². The first-order valence-corrected chi connectivity index (χ1v) is 6.45. The van der Waals surface area contributed by atoms with Crippen molar-refractivity contribution < 1.29 is 4.79 Å². The van der Waals surface area contributed by atoms with Crippen LogP contribution in [0.1, 0.15) is 27.7 Å². The van der Waals surface area contributed by atoms with Gasteiger partial charge in [-0.2, -0.15) is 15.4 Å². The molecule has 2 N–H and O–H groups in total. The predicted octanol–water partition coefficient (Wildman–Crippen LogP) is 1.15. The zero-order chi connectivity index (χ0) is 14.5. The van der Waals surface area contributed by atoms with Gasteiger partial charge in [0, 0.05) is 6.54 Å². The van der Waals surface area contributed by atoms with Crippen LogP contribution in [0.3, 0.4) is 0 Å². The average Bonchev–Trinajstić information content (AvgIpc) is 2.94. The van der Waals surface area contributed by atoms with Crippen molar-refractivity contribution >= 4 is 5.91 Å². The molecule has 0 fully saturated rings. The number of carbonyl (C=O) groups excluding carboxylic acids is 1. The molecule has 0 saturated carbocycles. The number of rotatable bonds is 5. The summed E-state index contributed by atoms with van der Waals surface area (Å²) in [5.74, 6) is -0.223. The molecule has 0 spiro atoms. The highest BCUT2D eigenvalue weighted by atomic mass is 16.2. The highest BCUT2D eigenvalue weighted by Gasteiger charge is 2.18. The van der Waals surface area contributed by atoms with Crippen molar-refractivity contribution in [2.24, 2.45) is 0 Å². The summed E-state index contributed by atoms with van der Waals surface area (Å²) in [4.78, 5) is 14.0. The molecule has 1 heterocycles. The van der Waals surface area contributed by atoms with E-state index in [-0.39, 0.29) is 11.9 Å². The number of hydrogen-bond acceptors (Lipinski definition) is 4. The van der Waals surface area contributed by atoms with E-state index in [9.17, 15) is 4.79 Å². The molecule has 0 unspecified atom stereocenters. The van der Waals surface area contributed by atoms with Crippen molar-refractivity contribution in [3.63, 3.8) is 0 Å². The number of aryl methyl sites for hydroxylation is 1. The summed E-state index contributed by atoms with van der Waals surface area (Å²) in [6.45, 7) is 2.59. The lowest BCUT2D eigenvalue weighted by Crippen LogP contribution is -2.35. The van der Waals surface area contributed by atoms with Crippen LogP contribution in [-0.4, -0.2) is 46.9 Å². The van der Waals surface area contributed by atoms with E-state index >= 15 is 0 Å². The van der Waals surface area contributed by atoms with Crippen LogP contribution >= 0.6 is 0 Å². The van der Waals surface area contributed by atoms with E-state index in [4.69, 9.17) is 0 Å². The summed E-state index contributed by atoms with van der Waals surface area (Å²) in [7, 11) is 4.00. The lowest BCUT2D eigenvalue weighted by Gasteiger charge is -2.26. The lowest BCUT2D eigenvalue weighted by molar-refractivity contribution is 0.0936. The summed E-state index contributed by atoms with van der Waals surface area (Å²) < 4.78 is 0. The first-order valence-electron chi connectivity index (χ1n) is 6.45. The van der Waals surface area contributed by atoms with E-state index in [2.05, 4.69) is 44.7 Å². The molecule has 6 nitrogen and oxygen atoms in total. The molecule has 20 heavy (non-hydrogen) atoms. The number of carbonyl (C=O) groups is 1. The van der Waals surface area contributed by atoms with Gasteiger partial charge >= 0.3 is 0 Å². The fourth-order valence-electron chi connectivity index (χ4n) is 2.12. The van der Waals surface area contributed by atoms with Crippen LogP contribution in [0.25, 0.3) is 0 Å². The Morgan fingerprint density at radius 3 is 2.75 bits per heavy atom. The van der Waals surface area contributed by atoms with Crippen molar-refractivity contribution in [3.05, 3.63) is 47.3 Å². The predicted molar refractivity (Wildman–Crippen MR) is 76.3 cm³/mol. The Morgan fingerprint density at radius 1 is 1.40 bits per heavy atom. The second kappa shape index (κ2) is 6.29. The maximum Gasteiger partial charge on any atom is 0.273 e. The van der Waals surface area contributed by atoms with Gasteiger partial charge < -0.3 is 10.2 Å². The number of likely N-dealkylation sites (N-methyl/N-ethyl adjacent to an activating group) is 1. The first-order chi connectivity index (χ1) is 9.59. The average molecular weight is 273 g/mol. The first kappa shape index (κ1) is 14.2. The molecule has 2 rings (SSSR count). The second-order valence-corrected chi connectivity index (χ2v) is 4.90. The van der Waals surface area contributed by atoms with Gasteiger partial charge in [0.2, 0.25) is 0 Å². The van der Waals surface area contributed by atoms with Gasteiger partial charge in [0.25, 0.3) is 5.91 Å². The molecule has 0 saturated heterocycles. The molecule has 0 radical (unpaired) electrons. The number of nitrogens with one attached hydrogen (secondary N) is 2. The van der Waals surface area contributed by atoms with Crippen molar-refractivity contribution in [3.8, 4) is 0 Å². The summed E-state index contributed by atoms with van der Waals surface area (Å²) in [5.41, 5.74) is 2.71. The van der Waals surface area contributed by atoms with Crippen molar-refractivity contribution in [1.82, 2.24) is 25.6 Å². The third-order valence-corrected chi connectivity index (χ3v) is 3.27. The van der Waals surface area contributed by atoms with Crippen LogP contribution in [0.2, 0.25) is 0 Å². The number of amides is 1. The maximum atomic E-state index is 11.9. The third kappa shape index (κ3) is 3.21. The molecule has 1 aromatic carbocycles. The SMILES string of the molecule is Cc1ccccc1[C@@H](CNC(=O)c1cn[nH]n1)N(C)C. The minimum absolute atomic E-state index is 0.118. The molecule has 1 aromatic heterocycles. The Balaban J connectivity index is 2.08. The normalized spacial score (nSPS) is 12.4. The second-order valence-electron chi connectivity index (χ2n) is 4.90. The number of nitrogens with zero attached hydrogens (tertiary/aromatic N) is 3. The van der Waals surface area contributed by atoms with Crippen LogP contribution in [0, 0.1) is 6.92 Å². The smallest absolute Gasteiger partial charge is 0.273 e. The Kier molecular flexibility index (Phi) is 4.47. The van der Waals surface area contributed by atoms with Crippen LogP contribution in [0.4, 0.5) is 0 Å². The molecule has 0 bridgehead atoms. The van der Waals surface area contributed by atoms with Gasteiger partial charge in [0.15, 0.2) is 5.69 Å². The monoisotopic (exact) mass is 273 g/mol. The van der Waals surface area contributed by atoms with E-state index in [1.807, 2.05) is 26.2 Å².